The van der Waals surface area contributed by atoms with E-state index in [1.165, 1.54) is 6.42 Å². The van der Waals surface area contributed by atoms with Crippen molar-refractivity contribution in [2.45, 2.75) is 57.6 Å². The second kappa shape index (κ2) is 6.21. The number of rotatable bonds is 5. The van der Waals surface area contributed by atoms with E-state index >= 15 is 0 Å². The Bertz CT molecular complexity index is 225. The summed E-state index contributed by atoms with van der Waals surface area (Å²) in [6.07, 6.45) is 5.10. The summed E-state index contributed by atoms with van der Waals surface area (Å²) in [6.45, 7) is 4.90. The Labute approximate surface area is 97.8 Å². The quantitative estimate of drug-likeness (QED) is 0.652. The molecule has 1 aliphatic carbocycles. The molecule has 16 heavy (non-hydrogen) atoms. The van der Waals surface area contributed by atoms with Gasteiger partial charge in [-0.3, -0.25) is 4.79 Å². The Balaban J connectivity index is 2.29. The van der Waals surface area contributed by atoms with Gasteiger partial charge < -0.3 is 15.7 Å². The van der Waals surface area contributed by atoms with Crippen LogP contribution in [0, 0.1) is 0 Å². The van der Waals surface area contributed by atoms with E-state index in [1.807, 2.05) is 13.8 Å². The molecule has 3 N–H and O–H groups in total. The van der Waals surface area contributed by atoms with Crippen molar-refractivity contribution in [1.82, 2.24) is 10.6 Å². The molecule has 1 fully saturated rings. The number of amides is 1. The minimum Gasteiger partial charge on any atom is -0.389 e. The van der Waals surface area contributed by atoms with Crippen molar-refractivity contribution in [3.8, 4) is 0 Å². The van der Waals surface area contributed by atoms with E-state index in [-0.39, 0.29) is 11.9 Å². The van der Waals surface area contributed by atoms with Crippen LogP contribution in [0.1, 0.15) is 46.0 Å². The maximum atomic E-state index is 11.5. The van der Waals surface area contributed by atoms with E-state index in [0.29, 0.717) is 13.1 Å². The summed E-state index contributed by atoms with van der Waals surface area (Å²) in [5.41, 5.74) is -0.598. The number of hydrogen-bond acceptors (Lipinski definition) is 3. The molecule has 0 spiro atoms. The molecule has 1 amide bonds. The molecular weight excluding hydrogens is 204 g/mol. The number of carbonyl (C=O) groups excluding carboxylic acids is 1. The molecule has 0 bridgehead atoms. The first-order valence-electron chi connectivity index (χ1n) is 6.31. The van der Waals surface area contributed by atoms with Crippen molar-refractivity contribution in [3.05, 3.63) is 0 Å². The summed E-state index contributed by atoms with van der Waals surface area (Å²) in [5.74, 6) is 0.00177. The summed E-state index contributed by atoms with van der Waals surface area (Å²) in [4.78, 5) is 11.5. The normalized spacial score (nSPS) is 21.4. The SMILES string of the molecule is CCNC(=O)C(C)NCC1(O)CCCCC1. The zero-order chi connectivity index (χ0) is 12.0. The van der Waals surface area contributed by atoms with Crippen LogP contribution >= 0.6 is 0 Å². The third-order valence-corrected chi connectivity index (χ3v) is 3.27. The van der Waals surface area contributed by atoms with Crippen molar-refractivity contribution in [2.24, 2.45) is 0 Å². The number of aliphatic hydroxyl groups is 1. The number of likely N-dealkylation sites (N-methyl/N-ethyl adjacent to an activating group) is 1. The minimum atomic E-state index is -0.598. The average Bonchev–Trinajstić information content (AvgIpc) is 2.27. The highest BCUT2D eigenvalue weighted by Gasteiger charge is 2.29. The molecule has 0 aromatic heterocycles. The summed E-state index contributed by atoms with van der Waals surface area (Å²) < 4.78 is 0. The average molecular weight is 228 g/mol. The molecule has 1 aliphatic rings. The first kappa shape index (κ1) is 13.5. The van der Waals surface area contributed by atoms with Crippen molar-refractivity contribution in [1.29, 1.82) is 0 Å². The second-order valence-electron chi connectivity index (χ2n) is 4.78. The molecular formula is C12H24N2O2. The van der Waals surface area contributed by atoms with Crippen molar-refractivity contribution < 1.29 is 9.90 Å². The highest BCUT2D eigenvalue weighted by Crippen LogP contribution is 2.27. The molecule has 0 aromatic carbocycles. The van der Waals surface area contributed by atoms with Crippen LogP contribution in [-0.4, -0.2) is 35.7 Å². The Morgan fingerprint density at radius 1 is 1.38 bits per heavy atom. The van der Waals surface area contributed by atoms with Gasteiger partial charge in [0.1, 0.15) is 0 Å². The van der Waals surface area contributed by atoms with Crippen LogP contribution in [0.25, 0.3) is 0 Å². The smallest absolute Gasteiger partial charge is 0.236 e. The largest absolute Gasteiger partial charge is 0.389 e. The van der Waals surface area contributed by atoms with E-state index in [9.17, 15) is 9.90 Å². The summed E-state index contributed by atoms with van der Waals surface area (Å²) in [6, 6.07) is -0.231. The van der Waals surface area contributed by atoms with Crippen LogP contribution in [0.4, 0.5) is 0 Å². The van der Waals surface area contributed by atoms with Crippen LogP contribution in [-0.2, 0) is 4.79 Å². The van der Waals surface area contributed by atoms with Crippen molar-refractivity contribution in [2.75, 3.05) is 13.1 Å². The highest BCUT2D eigenvalue weighted by atomic mass is 16.3. The highest BCUT2D eigenvalue weighted by molar-refractivity contribution is 5.81. The predicted octanol–water partition coefficient (Wildman–Crippen LogP) is 0.796. The van der Waals surface area contributed by atoms with Crippen LogP contribution < -0.4 is 10.6 Å². The molecule has 1 rings (SSSR count). The molecule has 0 heterocycles. The van der Waals surface area contributed by atoms with Gasteiger partial charge in [0.25, 0.3) is 0 Å². The van der Waals surface area contributed by atoms with E-state index in [0.717, 1.165) is 25.7 Å². The van der Waals surface area contributed by atoms with Gasteiger partial charge in [0, 0.05) is 13.1 Å². The molecule has 4 nitrogen and oxygen atoms in total. The van der Waals surface area contributed by atoms with Crippen molar-refractivity contribution >= 4 is 5.91 Å². The van der Waals surface area contributed by atoms with Crippen LogP contribution in [0.2, 0.25) is 0 Å². The molecule has 1 atom stereocenters. The zero-order valence-corrected chi connectivity index (χ0v) is 10.4. The fourth-order valence-corrected chi connectivity index (χ4v) is 2.15. The first-order valence-corrected chi connectivity index (χ1v) is 6.31. The molecule has 4 heteroatoms. The molecule has 1 saturated carbocycles. The van der Waals surface area contributed by atoms with E-state index in [1.54, 1.807) is 0 Å². The molecule has 1 unspecified atom stereocenters. The van der Waals surface area contributed by atoms with E-state index in [4.69, 9.17) is 0 Å². The number of hydrogen-bond donors (Lipinski definition) is 3. The predicted molar refractivity (Wildman–Crippen MR) is 64.2 cm³/mol. The topological polar surface area (TPSA) is 61.4 Å². The lowest BCUT2D eigenvalue weighted by Crippen LogP contribution is -2.49. The lowest BCUT2D eigenvalue weighted by molar-refractivity contribution is -0.123. The van der Waals surface area contributed by atoms with Crippen LogP contribution in [0.15, 0.2) is 0 Å². The molecule has 0 radical (unpaired) electrons. The number of nitrogens with one attached hydrogen (secondary N) is 2. The summed E-state index contributed by atoms with van der Waals surface area (Å²) >= 11 is 0. The Morgan fingerprint density at radius 3 is 2.56 bits per heavy atom. The maximum Gasteiger partial charge on any atom is 0.236 e. The van der Waals surface area contributed by atoms with Gasteiger partial charge in [-0.05, 0) is 26.7 Å². The lowest BCUT2D eigenvalue weighted by atomic mass is 9.85. The van der Waals surface area contributed by atoms with Gasteiger partial charge >= 0.3 is 0 Å². The van der Waals surface area contributed by atoms with E-state index in [2.05, 4.69) is 10.6 Å². The van der Waals surface area contributed by atoms with Gasteiger partial charge in [-0.1, -0.05) is 19.3 Å². The Morgan fingerprint density at radius 2 is 2.00 bits per heavy atom. The first-order chi connectivity index (χ1) is 7.57. The van der Waals surface area contributed by atoms with Gasteiger partial charge in [-0.15, -0.1) is 0 Å². The second-order valence-corrected chi connectivity index (χ2v) is 4.78. The summed E-state index contributed by atoms with van der Waals surface area (Å²) in [5, 5.41) is 16.1. The van der Waals surface area contributed by atoms with Crippen LogP contribution in [0.5, 0.6) is 0 Å². The standard InChI is InChI=1S/C12H24N2O2/c1-3-13-11(15)10(2)14-9-12(16)7-5-4-6-8-12/h10,14,16H,3-9H2,1-2H3,(H,13,15). The molecule has 0 aromatic rings. The van der Waals surface area contributed by atoms with Gasteiger partial charge in [-0.2, -0.15) is 0 Å². The number of carbonyl (C=O) groups is 1. The third-order valence-electron chi connectivity index (χ3n) is 3.27. The Kier molecular flexibility index (Phi) is 5.22. The fraction of sp³-hybridized carbons (Fsp3) is 0.917. The molecule has 0 aliphatic heterocycles. The monoisotopic (exact) mass is 228 g/mol. The van der Waals surface area contributed by atoms with Gasteiger partial charge in [0.15, 0.2) is 0 Å². The minimum absolute atomic E-state index is 0.00177. The third kappa shape index (κ3) is 4.10. The lowest BCUT2D eigenvalue weighted by Gasteiger charge is -2.33. The fourth-order valence-electron chi connectivity index (χ4n) is 2.15. The van der Waals surface area contributed by atoms with Gasteiger partial charge in [-0.25, -0.2) is 0 Å². The maximum absolute atomic E-state index is 11.5. The molecule has 94 valence electrons. The van der Waals surface area contributed by atoms with E-state index < -0.39 is 5.60 Å². The van der Waals surface area contributed by atoms with Gasteiger partial charge in [0.05, 0.1) is 11.6 Å². The Hall–Kier alpha value is -0.610. The van der Waals surface area contributed by atoms with Gasteiger partial charge in [0.2, 0.25) is 5.91 Å². The van der Waals surface area contributed by atoms with Crippen molar-refractivity contribution in [3.63, 3.8) is 0 Å². The molecule has 0 saturated heterocycles. The zero-order valence-electron chi connectivity index (χ0n) is 10.4. The summed E-state index contributed by atoms with van der Waals surface area (Å²) in [7, 11) is 0. The van der Waals surface area contributed by atoms with Crippen LogP contribution in [0.3, 0.4) is 0 Å².